The van der Waals surface area contributed by atoms with Crippen LogP contribution in [0.2, 0.25) is 0 Å². The second kappa shape index (κ2) is 10.4. The number of carbonyl (C=O) groups is 3. The smallest absolute Gasteiger partial charge is 0.339 e. The maximum absolute atomic E-state index is 12.8. The number of aliphatic carboxylic acids is 1. The highest BCUT2D eigenvalue weighted by molar-refractivity contribution is 6.00. The van der Waals surface area contributed by atoms with E-state index >= 15 is 0 Å². The van der Waals surface area contributed by atoms with Crippen molar-refractivity contribution in [3.05, 3.63) is 45.0 Å². The molecule has 36 heavy (non-hydrogen) atoms. The van der Waals surface area contributed by atoms with Gasteiger partial charge in [0.1, 0.15) is 17.2 Å². The number of primary amides is 1. The van der Waals surface area contributed by atoms with Crippen molar-refractivity contribution in [1.82, 2.24) is 10.6 Å². The molecular formula is C26H33N3O7. The molecule has 2 aromatic heterocycles. The zero-order valence-electron chi connectivity index (χ0n) is 21.2. The van der Waals surface area contributed by atoms with Gasteiger partial charge in [-0.1, -0.05) is 20.8 Å². The van der Waals surface area contributed by atoms with Gasteiger partial charge in [0.25, 0.3) is 0 Å². The summed E-state index contributed by atoms with van der Waals surface area (Å²) in [5.41, 5.74) is 8.28. The molecule has 0 aliphatic heterocycles. The van der Waals surface area contributed by atoms with Crippen LogP contribution in [0.3, 0.4) is 0 Å². The standard InChI is InChI=1S/C26H33N3O7/c1-13-15(8-9-20(30)29-19(23(31)32)7-6-10-28-25(27)34)24(33)36-22-14(2)21-17(11-16(13)22)18(12-35-21)26(3,4)5/h11-12,19H,6-10H2,1-5H3,(H,29,30)(H,31,32)(H3,27,28,34)/t19-/m1/s1. The third-order valence-electron chi connectivity index (χ3n) is 6.35. The average molecular weight is 500 g/mol. The van der Waals surface area contributed by atoms with Gasteiger partial charge in [-0.15, -0.1) is 0 Å². The summed E-state index contributed by atoms with van der Waals surface area (Å²) in [5.74, 6) is -1.68. The van der Waals surface area contributed by atoms with E-state index < -0.39 is 29.6 Å². The van der Waals surface area contributed by atoms with E-state index in [1.807, 2.05) is 19.9 Å². The molecule has 194 valence electrons. The van der Waals surface area contributed by atoms with Crippen LogP contribution in [0.4, 0.5) is 4.79 Å². The Balaban J connectivity index is 1.82. The van der Waals surface area contributed by atoms with Crippen LogP contribution in [0, 0.1) is 13.8 Å². The van der Waals surface area contributed by atoms with Gasteiger partial charge in [0.15, 0.2) is 0 Å². The lowest BCUT2D eigenvalue weighted by molar-refractivity contribution is -0.142. The number of aryl methyl sites for hydroxylation is 2. The summed E-state index contributed by atoms with van der Waals surface area (Å²) in [6.45, 7) is 10.2. The Morgan fingerprint density at radius 1 is 1.11 bits per heavy atom. The van der Waals surface area contributed by atoms with E-state index in [9.17, 15) is 24.3 Å². The van der Waals surface area contributed by atoms with Gasteiger partial charge in [0.2, 0.25) is 5.91 Å². The van der Waals surface area contributed by atoms with Crippen LogP contribution in [-0.4, -0.2) is 35.6 Å². The largest absolute Gasteiger partial charge is 0.480 e. The maximum atomic E-state index is 12.8. The number of fused-ring (bicyclic) bond motifs is 2. The molecule has 1 atom stereocenters. The van der Waals surface area contributed by atoms with Crippen LogP contribution in [0.15, 0.2) is 26.0 Å². The number of carboxylic acid groups (broad SMARTS) is 1. The van der Waals surface area contributed by atoms with E-state index in [2.05, 4.69) is 31.4 Å². The first-order valence-corrected chi connectivity index (χ1v) is 11.8. The molecule has 3 aromatic rings. The van der Waals surface area contributed by atoms with Crippen LogP contribution >= 0.6 is 0 Å². The highest BCUT2D eigenvalue weighted by Gasteiger charge is 2.24. The van der Waals surface area contributed by atoms with Gasteiger partial charge < -0.3 is 30.3 Å². The van der Waals surface area contributed by atoms with E-state index in [0.29, 0.717) is 28.7 Å². The van der Waals surface area contributed by atoms with Gasteiger partial charge in [-0.2, -0.15) is 0 Å². The molecule has 0 radical (unpaired) electrons. The number of amides is 3. The summed E-state index contributed by atoms with van der Waals surface area (Å²) < 4.78 is 11.5. The Hall–Kier alpha value is -3.82. The Bertz CT molecular complexity index is 1380. The molecule has 0 spiro atoms. The number of hydrogen-bond acceptors (Lipinski definition) is 6. The number of carboxylic acids is 1. The van der Waals surface area contributed by atoms with E-state index in [4.69, 9.17) is 14.6 Å². The van der Waals surface area contributed by atoms with Gasteiger partial charge in [-0.05, 0) is 50.2 Å². The molecule has 10 nitrogen and oxygen atoms in total. The quantitative estimate of drug-likeness (QED) is 0.259. The van der Waals surface area contributed by atoms with Crippen molar-refractivity contribution >= 4 is 39.8 Å². The number of hydrogen-bond donors (Lipinski definition) is 4. The molecule has 10 heteroatoms. The van der Waals surface area contributed by atoms with Crippen molar-refractivity contribution in [3.8, 4) is 0 Å². The van der Waals surface area contributed by atoms with E-state index in [0.717, 1.165) is 21.9 Å². The van der Waals surface area contributed by atoms with Gasteiger partial charge in [0, 0.05) is 40.4 Å². The molecular weight excluding hydrogens is 466 g/mol. The summed E-state index contributed by atoms with van der Waals surface area (Å²) in [5, 5.41) is 16.0. The SMILES string of the molecule is Cc1c(CCC(=O)N[C@H](CCCNC(N)=O)C(=O)O)c(=O)oc2c(C)c3occ(C(C)(C)C)c3cc12. The predicted octanol–water partition coefficient (Wildman–Crippen LogP) is 3.40. The highest BCUT2D eigenvalue weighted by Crippen LogP contribution is 2.37. The maximum Gasteiger partial charge on any atom is 0.339 e. The fraction of sp³-hybridized carbons (Fsp3) is 0.462. The molecule has 2 heterocycles. The predicted molar refractivity (Wildman–Crippen MR) is 135 cm³/mol. The molecule has 0 saturated carbocycles. The molecule has 1 aromatic carbocycles. The zero-order chi connectivity index (χ0) is 26.8. The van der Waals surface area contributed by atoms with Crippen molar-refractivity contribution < 1.29 is 28.3 Å². The Morgan fingerprint density at radius 3 is 2.42 bits per heavy atom. The summed E-state index contributed by atoms with van der Waals surface area (Å²) in [6.07, 6.45) is 2.19. The van der Waals surface area contributed by atoms with Crippen molar-refractivity contribution in [2.75, 3.05) is 6.54 Å². The number of urea groups is 1. The molecule has 3 amide bonds. The summed E-state index contributed by atoms with van der Waals surface area (Å²) in [4.78, 5) is 47.5. The number of nitrogens with two attached hydrogens (primary N) is 1. The number of carbonyl (C=O) groups excluding carboxylic acids is 2. The van der Waals surface area contributed by atoms with Gasteiger partial charge >= 0.3 is 17.6 Å². The van der Waals surface area contributed by atoms with E-state index in [-0.39, 0.29) is 31.2 Å². The van der Waals surface area contributed by atoms with Crippen LogP contribution in [0.5, 0.6) is 0 Å². The van der Waals surface area contributed by atoms with Crippen LogP contribution in [0.25, 0.3) is 21.9 Å². The summed E-state index contributed by atoms with van der Waals surface area (Å²) in [6, 6.07) is 0.146. The Kier molecular flexibility index (Phi) is 7.76. The van der Waals surface area contributed by atoms with Crippen molar-refractivity contribution in [2.45, 2.75) is 71.8 Å². The molecule has 0 fully saturated rings. The van der Waals surface area contributed by atoms with Gasteiger partial charge in [-0.3, -0.25) is 4.79 Å². The topological polar surface area (TPSA) is 165 Å². The van der Waals surface area contributed by atoms with Gasteiger partial charge in [0.05, 0.1) is 6.26 Å². The number of rotatable bonds is 9. The van der Waals surface area contributed by atoms with E-state index in [1.54, 1.807) is 6.26 Å². The molecule has 5 N–H and O–H groups in total. The lowest BCUT2D eigenvalue weighted by Crippen LogP contribution is -2.41. The minimum Gasteiger partial charge on any atom is -0.480 e. The fourth-order valence-corrected chi connectivity index (χ4v) is 4.35. The number of furan rings is 1. The number of benzene rings is 1. The first-order chi connectivity index (χ1) is 16.8. The molecule has 0 bridgehead atoms. The van der Waals surface area contributed by atoms with Crippen LogP contribution in [0.1, 0.15) is 62.3 Å². The zero-order valence-corrected chi connectivity index (χ0v) is 21.2. The van der Waals surface area contributed by atoms with E-state index in [1.165, 1.54) is 0 Å². The lowest BCUT2D eigenvalue weighted by Gasteiger charge is -2.17. The second-order valence-corrected chi connectivity index (χ2v) is 10.0. The molecule has 0 saturated heterocycles. The van der Waals surface area contributed by atoms with Crippen LogP contribution < -0.4 is 22.0 Å². The third-order valence-corrected chi connectivity index (χ3v) is 6.35. The lowest BCUT2D eigenvalue weighted by atomic mass is 9.86. The van der Waals surface area contributed by atoms with Crippen molar-refractivity contribution in [1.29, 1.82) is 0 Å². The minimum atomic E-state index is -1.18. The summed E-state index contributed by atoms with van der Waals surface area (Å²) >= 11 is 0. The van der Waals surface area contributed by atoms with Gasteiger partial charge in [-0.25, -0.2) is 14.4 Å². The molecule has 3 rings (SSSR count). The third kappa shape index (κ3) is 5.69. The molecule has 0 unspecified atom stereocenters. The normalized spacial score (nSPS) is 12.6. The van der Waals surface area contributed by atoms with Crippen molar-refractivity contribution in [2.24, 2.45) is 5.73 Å². The highest BCUT2D eigenvalue weighted by atomic mass is 16.4. The monoisotopic (exact) mass is 499 g/mol. The first kappa shape index (κ1) is 26.8. The van der Waals surface area contributed by atoms with Crippen LogP contribution in [-0.2, 0) is 21.4 Å². The Morgan fingerprint density at radius 2 is 1.81 bits per heavy atom. The Labute approximate surface area is 208 Å². The minimum absolute atomic E-state index is 0.0827. The van der Waals surface area contributed by atoms with Crippen molar-refractivity contribution in [3.63, 3.8) is 0 Å². The fourth-order valence-electron chi connectivity index (χ4n) is 4.35. The average Bonchev–Trinajstić information content (AvgIpc) is 3.21. The molecule has 0 aliphatic rings. The summed E-state index contributed by atoms with van der Waals surface area (Å²) in [7, 11) is 0. The number of nitrogens with one attached hydrogen (secondary N) is 2. The first-order valence-electron chi connectivity index (χ1n) is 11.8. The molecule has 0 aliphatic carbocycles. The second-order valence-electron chi connectivity index (χ2n) is 10.0.